The molecule has 2 aliphatic rings. The van der Waals surface area contributed by atoms with Crippen molar-refractivity contribution in [2.45, 2.75) is 26.7 Å². The van der Waals surface area contributed by atoms with Crippen molar-refractivity contribution in [3.63, 3.8) is 0 Å². The first-order chi connectivity index (χ1) is 13.6. The van der Waals surface area contributed by atoms with Gasteiger partial charge in [-0.1, -0.05) is 12.6 Å². The molecule has 28 heavy (non-hydrogen) atoms. The van der Waals surface area contributed by atoms with Crippen LogP contribution in [0.3, 0.4) is 0 Å². The van der Waals surface area contributed by atoms with Gasteiger partial charge in [-0.3, -0.25) is 4.90 Å². The molecule has 0 amide bonds. The lowest BCUT2D eigenvalue weighted by molar-refractivity contribution is -0.106. The van der Waals surface area contributed by atoms with E-state index >= 15 is 0 Å². The van der Waals surface area contributed by atoms with E-state index in [4.69, 9.17) is 9.53 Å². The fourth-order valence-corrected chi connectivity index (χ4v) is 3.62. The fraction of sp³-hybridized carbons (Fsp3) is 0.545. The zero-order valence-electron chi connectivity index (χ0n) is 17.2. The number of anilines is 1. The molecule has 2 aliphatic heterocycles. The number of piperazine rings is 1. The van der Waals surface area contributed by atoms with Gasteiger partial charge in [0.1, 0.15) is 6.29 Å². The first-order valence-electron chi connectivity index (χ1n) is 10.2. The van der Waals surface area contributed by atoms with E-state index in [9.17, 15) is 4.79 Å². The Morgan fingerprint density at radius 1 is 1.14 bits per heavy atom. The molecule has 0 bridgehead atoms. The average Bonchev–Trinajstić information content (AvgIpc) is 3.22. The van der Waals surface area contributed by atoms with Crippen LogP contribution in [-0.2, 0) is 9.53 Å². The summed E-state index contributed by atoms with van der Waals surface area (Å²) >= 11 is 0. The zero-order valence-corrected chi connectivity index (χ0v) is 17.2. The molecule has 6 heteroatoms. The Morgan fingerprint density at radius 2 is 1.79 bits per heavy atom. The van der Waals surface area contributed by atoms with E-state index < -0.39 is 0 Å². The van der Waals surface area contributed by atoms with Crippen molar-refractivity contribution >= 4 is 17.9 Å². The SMILES string of the molecule is C=C(CN1CCCC1)N1CCN(c2cccc(C(=O)OCC)c2)CC1.CC=O. The second kappa shape index (κ2) is 11.5. The molecule has 154 valence electrons. The number of hydrogen-bond donors (Lipinski definition) is 0. The van der Waals surface area contributed by atoms with Gasteiger partial charge < -0.3 is 19.3 Å². The van der Waals surface area contributed by atoms with Crippen molar-refractivity contribution in [3.8, 4) is 0 Å². The Morgan fingerprint density at radius 3 is 2.39 bits per heavy atom. The lowest BCUT2D eigenvalue weighted by Gasteiger charge is -2.39. The summed E-state index contributed by atoms with van der Waals surface area (Å²) in [5.74, 6) is -0.248. The molecular weight excluding hydrogens is 354 g/mol. The van der Waals surface area contributed by atoms with Gasteiger partial charge in [0.15, 0.2) is 0 Å². The third-order valence-corrected chi connectivity index (χ3v) is 5.05. The standard InChI is InChI=1S/C20H29N3O2.C2H4O/c1-3-25-20(24)18-7-6-8-19(15-18)23-13-11-22(12-14-23)17(2)16-21-9-4-5-10-21;1-2-3/h6-8,15H,2-5,9-14,16H2,1H3;2H,1H3. The third-order valence-electron chi connectivity index (χ3n) is 5.05. The molecule has 2 saturated heterocycles. The molecule has 6 nitrogen and oxygen atoms in total. The summed E-state index contributed by atoms with van der Waals surface area (Å²) in [6, 6.07) is 7.75. The lowest BCUT2D eigenvalue weighted by atomic mass is 10.1. The molecule has 0 unspecified atom stereocenters. The molecule has 0 radical (unpaired) electrons. The van der Waals surface area contributed by atoms with Gasteiger partial charge in [-0.05, 0) is 58.0 Å². The van der Waals surface area contributed by atoms with Crippen molar-refractivity contribution < 1.29 is 14.3 Å². The summed E-state index contributed by atoms with van der Waals surface area (Å²) in [4.78, 5) is 28.0. The van der Waals surface area contributed by atoms with Gasteiger partial charge >= 0.3 is 5.97 Å². The third kappa shape index (κ3) is 6.37. The maximum absolute atomic E-state index is 11.9. The van der Waals surface area contributed by atoms with E-state index in [0.717, 1.165) is 44.7 Å². The van der Waals surface area contributed by atoms with E-state index in [1.807, 2.05) is 25.1 Å². The molecule has 0 aliphatic carbocycles. The second-order valence-electron chi connectivity index (χ2n) is 7.03. The number of esters is 1. The van der Waals surface area contributed by atoms with Crippen LogP contribution in [0.1, 0.15) is 37.0 Å². The topological polar surface area (TPSA) is 53.1 Å². The van der Waals surface area contributed by atoms with E-state index in [1.54, 1.807) is 0 Å². The van der Waals surface area contributed by atoms with Crippen LogP contribution in [0.2, 0.25) is 0 Å². The first kappa shape index (κ1) is 22.0. The average molecular weight is 388 g/mol. The maximum atomic E-state index is 11.9. The van der Waals surface area contributed by atoms with Gasteiger partial charge in [-0.15, -0.1) is 0 Å². The predicted molar refractivity (Wildman–Crippen MR) is 113 cm³/mol. The monoisotopic (exact) mass is 387 g/mol. The van der Waals surface area contributed by atoms with Crippen LogP contribution in [0.25, 0.3) is 0 Å². The Hall–Kier alpha value is -2.34. The highest BCUT2D eigenvalue weighted by Crippen LogP contribution is 2.20. The number of carbonyl (C=O) groups is 2. The summed E-state index contributed by atoms with van der Waals surface area (Å²) in [6.45, 7) is 15.3. The molecule has 0 atom stereocenters. The van der Waals surface area contributed by atoms with Gasteiger partial charge in [0.25, 0.3) is 0 Å². The first-order valence-corrected chi connectivity index (χ1v) is 10.2. The highest BCUT2D eigenvalue weighted by atomic mass is 16.5. The number of hydrogen-bond acceptors (Lipinski definition) is 6. The maximum Gasteiger partial charge on any atom is 0.338 e. The van der Waals surface area contributed by atoms with Crippen molar-refractivity contribution in [1.29, 1.82) is 0 Å². The Balaban J connectivity index is 0.000000878. The normalized spacial score (nSPS) is 16.9. The summed E-state index contributed by atoms with van der Waals surface area (Å²) in [5, 5.41) is 0. The van der Waals surface area contributed by atoms with Gasteiger partial charge in [0.05, 0.1) is 12.2 Å². The van der Waals surface area contributed by atoms with Gasteiger partial charge in [0, 0.05) is 44.1 Å². The van der Waals surface area contributed by atoms with E-state index in [0.29, 0.717) is 12.2 Å². The summed E-state index contributed by atoms with van der Waals surface area (Å²) in [6.07, 6.45) is 3.38. The van der Waals surface area contributed by atoms with Crippen LogP contribution in [0.4, 0.5) is 5.69 Å². The van der Waals surface area contributed by atoms with Crippen LogP contribution < -0.4 is 4.90 Å². The zero-order chi connectivity index (χ0) is 20.4. The molecule has 2 heterocycles. The van der Waals surface area contributed by atoms with Crippen LogP contribution in [0, 0.1) is 0 Å². The molecule has 3 rings (SSSR count). The Bertz CT molecular complexity index is 648. The molecule has 0 spiro atoms. The Labute approximate surface area is 168 Å². The predicted octanol–water partition coefficient (Wildman–Crippen LogP) is 2.80. The molecule has 0 N–H and O–H groups in total. The minimum Gasteiger partial charge on any atom is -0.462 e. The highest BCUT2D eigenvalue weighted by Gasteiger charge is 2.21. The largest absolute Gasteiger partial charge is 0.462 e. The van der Waals surface area contributed by atoms with E-state index in [2.05, 4.69) is 27.3 Å². The van der Waals surface area contributed by atoms with Crippen molar-refractivity contribution in [1.82, 2.24) is 9.80 Å². The summed E-state index contributed by atoms with van der Waals surface area (Å²) in [5.41, 5.74) is 2.96. The number of aldehydes is 1. The number of likely N-dealkylation sites (tertiary alicyclic amines) is 1. The van der Waals surface area contributed by atoms with Crippen LogP contribution >= 0.6 is 0 Å². The summed E-state index contributed by atoms with van der Waals surface area (Å²) < 4.78 is 5.10. The van der Waals surface area contributed by atoms with Crippen molar-refractivity contribution in [3.05, 3.63) is 42.1 Å². The van der Waals surface area contributed by atoms with Crippen molar-refractivity contribution in [2.24, 2.45) is 0 Å². The molecular formula is C22H33N3O3. The van der Waals surface area contributed by atoms with Crippen molar-refractivity contribution in [2.75, 3.05) is 57.3 Å². The smallest absolute Gasteiger partial charge is 0.338 e. The lowest BCUT2D eigenvalue weighted by Crippen LogP contribution is -2.47. The number of nitrogens with zero attached hydrogens (tertiary/aromatic N) is 3. The van der Waals surface area contributed by atoms with E-state index in [-0.39, 0.29) is 5.97 Å². The van der Waals surface area contributed by atoms with Gasteiger partial charge in [-0.2, -0.15) is 0 Å². The fourth-order valence-electron chi connectivity index (χ4n) is 3.62. The number of rotatable bonds is 6. The minimum absolute atomic E-state index is 0.248. The molecule has 0 saturated carbocycles. The molecule has 1 aromatic rings. The molecule has 2 fully saturated rings. The van der Waals surface area contributed by atoms with Crippen LogP contribution in [-0.4, -0.2) is 74.5 Å². The number of ether oxygens (including phenoxy) is 1. The number of benzene rings is 1. The minimum atomic E-state index is -0.248. The Kier molecular flexibility index (Phi) is 9.01. The van der Waals surface area contributed by atoms with Gasteiger partial charge in [-0.25, -0.2) is 4.79 Å². The second-order valence-corrected chi connectivity index (χ2v) is 7.03. The molecule has 0 aromatic heterocycles. The quantitative estimate of drug-likeness (QED) is 0.553. The van der Waals surface area contributed by atoms with E-state index in [1.165, 1.54) is 38.6 Å². The number of carbonyl (C=O) groups excluding carboxylic acids is 2. The highest BCUT2D eigenvalue weighted by molar-refractivity contribution is 5.90. The summed E-state index contributed by atoms with van der Waals surface area (Å²) in [7, 11) is 0. The molecule has 1 aromatic carbocycles. The van der Waals surface area contributed by atoms with Crippen LogP contribution in [0.15, 0.2) is 36.5 Å². The van der Waals surface area contributed by atoms with Gasteiger partial charge in [0.2, 0.25) is 0 Å². The van der Waals surface area contributed by atoms with Crippen LogP contribution in [0.5, 0.6) is 0 Å².